The maximum absolute atomic E-state index is 13.1. The number of piperidine rings is 1. The fraction of sp³-hybridized carbons (Fsp3) is 0.217. The van der Waals surface area contributed by atoms with E-state index >= 15 is 0 Å². The molecule has 3 aromatic rings. The molecule has 0 saturated carbocycles. The Morgan fingerprint density at radius 2 is 1.62 bits per heavy atom. The van der Waals surface area contributed by atoms with Crippen LogP contribution in [0.15, 0.2) is 66.7 Å². The van der Waals surface area contributed by atoms with Crippen LogP contribution < -0.4 is 5.32 Å². The van der Waals surface area contributed by atoms with E-state index in [0.29, 0.717) is 23.5 Å². The SMILES string of the molecule is O=C(NC1CCN(C(=O)c2ccc(-c3ccc(F)cc3)s2)CC1)c1ccccc1. The highest BCUT2D eigenvalue weighted by Crippen LogP contribution is 2.29. The first-order valence-electron chi connectivity index (χ1n) is 9.61. The molecule has 0 atom stereocenters. The second kappa shape index (κ2) is 8.57. The summed E-state index contributed by atoms with van der Waals surface area (Å²) in [7, 11) is 0. The quantitative estimate of drug-likeness (QED) is 0.687. The third kappa shape index (κ3) is 4.54. The van der Waals surface area contributed by atoms with Crippen molar-refractivity contribution in [1.29, 1.82) is 0 Å². The van der Waals surface area contributed by atoms with Crippen molar-refractivity contribution >= 4 is 23.2 Å². The third-order valence-electron chi connectivity index (χ3n) is 5.10. The normalized spacial score (nSPS) is 14.6. The number of hydrogen-bond donors (Lipinski definition) is 1. The van der Waals surface area contributed by atoms with Gasteiger partial charge in [-0.2, -0.15) is 0 Å². The van der Waals surface area contributed by atoms with Crippen LogP contribution in [0.2, 0.25) is 0 Å². The van der Waals surface area contributed by atoms with Gasteiger partial charge in [0.2, 0.25) is 0 Å². The summed E-state index contributed by atoms with van der Waals surface area (Å²) in [5.74, 6) is -0.336. The molecule has 0 radical (unpaired) electrons. The molecule has 0 spiro atoms. The average molecular weight is 408 g/mol. The number of nitrogens with zero attached hydrogens (tertiary/aromatic N) is 1. The van der Waals surface area contributed by atoms with Crippen molar-refractivity contribution in [1.82, 2.24) is 10.2 Å². The maximum Gasteiger partial charge on any atom is 0.263 e. The Kier molecular flexibility index (Phi) is 5.71. The van der Waals surface area contributed by atoms with Crippen molar-refractivity contribution < 1.29 is 14.0 Å². The minimum absolute atomic E-state index is 0.0104. The van der Waals surface area contributed by atoms with E-state index in [4.69, 9.17) is 0 Å². The lowest BCUT2D eigenvalue weighted by Gasteiger charge is -2.32. The highest BCUT2D eigenvalue weighted by atomic mass is 32.1. The first kappa shape index (κ1) is 19.3. The summed E-state index contributed by atoms with van der Waals surface area (Å²) in [6.45, 7) is 1.23. The van der Waals surface area contributed by atoms with Gasteiger partial charge < -0.3 is 10.2 Å². The smallest absolute Gasteiger partial charge is 0.263 e. The lowest BCUT2D eigenvalue weighted by molar-refractivity contribution is 0.0703. The second-order valence-corrected chi connectivity index (χ2v) is 8.16. The van der Waals surface area contributed by atoms with Crippen LogP contribution >= 0.6 is 11.3 Å². The molecule has 148 valence electrons. The molecule has 29 heavy (non-hydrogen) atoms. The number of hydrogen-bond acceptors (Lipinski definition) is 3. The van der Waals surface area contributed by atoms with Gasteiger partial charge in [-0.3, -0.25) is 9.59 Å². The number of carbonyl (C=O) groups excluding carboxylic acids is 2. The number of benzene rings is 2. The molecule has 1 fully saturated rings. The number of halogens is 1. The van der Waals surface area contributed by atoms with E-state index in [-0.39, 0.29) is 23.7 Å². The molecule has 2 heterocycles. The molecular formula is C23H21FN2O2S. The van der Waals surface area contributed by atoms with E-state index in [1.807, 2.05) is 35.2 Å². The first-order chi connectivity index (χ1) is 14.1. The molecule has 1 aliphatic rings. The van der Waals surface area contributed by atoms with Crippen LogP contribution in [0, 0.1) is 5.82 Å². The lowest BCUT2D eigenvalue weighted by Crippen LogP contribution is -2.46. The maximum atomic E-state index is 13.1. The Bertz CT molecular complexity index is 993. The van der Waals surface area contributed by atoms with Gasteiger partial charge in [-0.25, -0.2) is 4.39 Å². The van der Waals surface area contributed by atoms with Crippen LogP contribution in [0.3, 0.4) is 0 Å². The van der Waals surface area contributed by atoms with E-state index in [0.717, 1.165) is 23.3 Å². The molecule has 1 aromatic heterocycles. The monoisotopic (exact) mass is 408 g/mol. The molecular weight excluding hydrogens is 387 g/mol. The summed E-state index contributed by atoms with van der Waals surface area (Å²) in [5.41, 5.74) is 1.55. The summed E-state index contributed by atoms with van der Waals surface area (Å²) in [4.78, 5) is 28.6. The number of rotatable bonds is 4. The Morgan fingerprint density at radius 1 is 0.931 bits per heavy atom. The first-order valence-corrected chi connectivity index (χ1v) is 10.4. The molecule has 2 aromatic carbocycles. The van der Waals surface area contributed by atoms with E-state index in [1.54, 1.807) is 24.3 Å². The standard InChI is InChI=1S/C23H21FN2O2S/c24-18-8-6-16(7-9-18)20-10-11-21(29-20)23(28)26-14-12-19(13-15-26)25-22(27)17-4-2-1-3-5-17/h1-11,19H,12-15H2,(H,25,27). The number of amides is 2. The molecule has 1 N–H and O–H groups in total. The van der Waals surface area contributed by atoms with Crippen molar-refractivity contribution in [3.8, 4) is 10.4 Å². The molecule has 4 nitrogen and oxygen atoms in total. The number of carbonyl (C=O) groups is 2. The zero-order valence-corrected chi connectivity index (χ0v) is 16.6. The molecule has 2 amide bonds. The van der Waals surface area contributed by atoms with Gasteiger partial charge in [0.15, 0.2) is 0 Å². The predicted molar refractivity (Wildman–Crippen MR) is 113 cm³/mol. The molecule has 0 unspecified atom stereocenters. The Labute approximate surface area is 173 Å². The number of nitrogens with one attached hydrogen (secondary N) is 1. The Hall–Kier alpha value is -2.99. The van der Waals surface area contributed by atoms with Crippen molar-refractivity contribution in [2.45, 2.75) is 18.9 Å². The number of likely N-dealkylation sites (tertiary alicyclic amines) is 1. The summed E-state index contributed by atoms with van der Waals surface area (Å²) in [5, 5.41) is 3.06. The topological polar surface area (TPSA) is 49.4 Å². The van der Waals surface area contributed by atoms with Crippen LogP contribution in [-0.4, -0.2) is 35.8 Å². The van der Waals surface area contributed by atoms with Crippen molar-refractivity contribution in [2.24, 2.45) is 0 Å². The zero-order chi connectivity index (χ0) is 20.2. The molecule has 6 heteroatoms. The molecule has 0 bridgehead atoms. The van der Waals surface area contributed by atoms with Gasteiger partial charge in [0.1, 0.15) is 5.82 Å². The zero-order valence-electron chi connectivity index (χ0n) is 15.8. The van der Waals surface area contributed by atoms with Gasteiger partial charge in [-0.05, 0) is 54.8 Å². The highest BCUT2D eigenvalue weighted by molar-refractivity contribution is 7.17. The molecule has 0 aliphatic carbocycles. The molecule has 4 rings (SSSR count). The van der Waals surface area contributed by atoms with Gasteiger partial charge in [-0.1, -0.05) is 30.3 Å². The molecule has 1 aliphatic heterocycles. The van der Waals surface area contributed by atoms with E-state index in [9.17, 15) is 14.0 Å². The fourth-order valence-corrected chi connectivity index (χ4v) is 4.44. The van der Waals surface area contributed by atoms with Crippen molar-refractivity contribution in [3.63, 3.8) is 0 Å². The van der Waals surface area contributed by atoms with Gasteiger partial charge in [-0.15, -0.1) is 11.3 Å². The van der Waals surface area contributed by atoms with Crippen LogP contribution in [0.4, 0.5) is 4.39 Å². The van der Waals surface area contributed by atoms with Crippen LogP contribution in [-0.2, 0) is 0 Å². The van der Waals surface area contributed by atoms with Gasteiger partial charge >= 0.3 is 0 Å². The van der Waals surface area contributed by atoms with Crippen LogP contribution in [0.25, 0.3) is 10.4 Å². The van der Waals surface area contributed by atoms with Gasteiger partial charge in [0.25, 0.3) is 11.8 Å². The Morgan fingerprint density at radius 3 is 2.31 bits per heavy atom. The summed E-state index contributed by atoms with van der Waals surface area (Å²) in [6, 6.07) is 19.2. The van der Waals surface area contributed by atoms with Crippen molar-refractivity contribution in [3.05, 3.63) is 83.0 Å². The Balaban J connectivity index is 1.33. The van der Waals surface area contributed by atoms with Gasteiger partial charge in [0.05, 0.1) is 4.88 Å². The minimum atomic E-state index is -0.274. The number of thiophene rings is 1. The lowest BCUT2D eigenvalue weighted by atomic mass is 10.0. The largest absolute Gasteiger partial charge is 0.349 e. The molecule has 1 saturated heterocycles. The van der Waals surface area contributed by atoms with E-state index in [1.165, 1.54) is 23.5 Å². The minimum Gasteiger partial charge on any atom is -0.349 e. The van der Waals surface area contributed by atoms with E-state index in [2.05, 4.69) is 5.32 Å². The van der Waals surface area contributed by atoms with Crippen LogP contribution in [0.5, 0.6) is 0 Å². The summed E-state index contributed by atoms with van der Waals surface area (Å²) < 4.78 is 13.1. The third-order valence-corrected chi connectivity index (χ3v) is 6.22. The van der Waals surface area contributed by atoms with Crippen LogP contribution in [0.1, 0.15) is 32.9 Å². The van der Waals surface area contributed by atoms with Crippen molar-refractivity contribution in [2.75, 3.05) is 13.1 Å². The summed E-state index contributed by atoms with van der Waals surface area (Å²) in [6.07, 6.45) is 1.47. The fourth-order valence-electron chi connectivity index (χ4n) is 3.46. The summed E-state index contributed by atoms with van der Waals surface area (Å²) >= 11 is 1.42. The van der Waals surface area contributed by atoms with Gasteiger partial charge in [0, 0.05) is 29.6 Å². The highest BCUT2D eigenvalue weighted by Gasteiger charge is 2.25. The van der Waals surface area contributed by atoms with E-state index < -0.39 is 0 Å². The predicted octanol–water partition coefficient (Wildman–Crippen LogP) is 4.59. The average Bonchev–Trinajstić information content (AvgIpc) is 3.25. The second-order valence-electron chi connectivity index (χ2n) is 7.08.